The number of hydrogen-bond acceptors (Lipinski definition) is 2. The molecule has 2 rings (SSSR count). The fourth-order valence-corrected chi connectivity index (χ4v) is 3.06. The second-order valence-electron chi connectivity index (χ2n) is 6.65. The largest absolute Gasteiger partial charge is 0.320 e. The first-order chi connectivity index (χ1) is 10.3. The highest BCUT2D eigenvalue weighted by molar-refractivity contribution is 5.35. The lowest BCUT2D eigenvalue weighted by Crippen LogP contribution is -2.54. The highest BCUT2D eigenvalue weighted by Crippen LogP contribution is 2.30. The third kappa shape index (κ3) is 3.40. The van der Waals surface area contributed by atoms with Crippen LogP contribution >= 0.6 is 0 Å². The molecule has 0 amide bonds. The third-order valence-electron chi connectivity index (χ3n) is 4.81. The van der Waals surface area contributed by atoms with Gasteiger partial charge >= 0.3 is 0 Å². The maximum atomic E-state index is 6.96. The number of hydrogen-bond donors (Lipinski definition) is 1. The molecule has 0 aliphatic heterocycles. The predicted molar refractivity (Wildman–Crippen MR) is 95.1 cm³/mol. The molecule has 0 fully saturated rings. The van der Waals surface area contributed by atoms with Crippen molar-refractivity contribution in [3.05, 3.63) is 70.8 Å². The molecule has 22 heavy (non-hydrogen) atoms. The molecule has 0 aliphatic carbocycles. The second-order valence-corrected chi connectivity index (χ2v) is 6.65. The van der Waals surface area contributed by atoms with Crippen molar-refractivity contribution >= 4 is 0 Å². The third-order valence-corrected chi connectivity index (χ3v) is 4.81. The molecule has 2 aromatic rings. The van der Waals surface area contributed by atoms with Gasteiger partial charge in [0.25, 0.3) is 0 Å². The van der Waals surface area contributed by atoms with Gasteiger partial charge in [0.15, 0.2) is 0 Å². The van der Waals surface area contributed by atoms with Crippen molar-refractivity contribution in [1.82, 2.24) is 4.90 Å². The van der Waals surface area contributed by atoms with Crippen LogP contribution in [0.1, 0.15) is 29.2 Å². The van der Waals surface area contributed by atoms with E-state index in [0.717, 1.165) is 6.42 Å². The van der Waals surface area contributed by atoms with E-state index in [1.54, 1.807) is 0 Å². The number of rotatable bonds is 5. The van der Waals surface area contributed by atoms with Crippen molar-refractivity contribution in [2.75, 3.05) is 14.1 Å². The summed E-state index contributed by atoms with van der Waals surface area (Å²) in [5.41, 5.74) is 11.7. The number of likely N-dealkylation sites (N-methyl/N-ethyl adjacent to an activating group) is 1. The quantitative estimate of drug-likeness (QED) is 0.912. The van der Waals surface area contributed by atoms with E-state index in [-0.39, 0.29) is 6.04 Å². The number of aryl methyl sites for hydroxylation is 2. The normalized spacial score (nSPS) is 15.6. The minimum absolute atomic E-state index is 0.232. The Hall–Kier alpha value is -1.64. The van der Waals surface area contributed by atoms with Gasteiger partial charge in [0.2, 0.25) is 0 Å². The highest BCUT2D eigenvalue weighted by Gasteiger charge is 2.35. The Morgan fingerprint density at radius 1 is 1.05 bits per heavy atom. The Balaban J connectivity index is 2.45. The standard InChI is InChI=1S/C20H28N2/c1-15-11-12-18(16(2)13-15)14-20(21,17(3)22(4)5)19-9-7-6-8-10-19/h6-13,17H,14,21H2,1-5H3. The van der Waals surface area contributed by atoms with Crippen LogP contribution in [0.25, 0.3) is 0 Å². The fourth-order valence-electron chi connectivity index (χ4n) is 3.06. The molecule has 118 valence electrons. The van der Waals surface area contributed by atoms with Crippen LogP contribution in [-0.2, 0) is 12.0 Å². The molecule has 0 spiro atoms. The molecule has 2 heteroatoms. The molecular formula is C20H28N2. The molecule has 0 bridgehead atoms. The summed E-state index contributed by atoms with van der Waals surface area (Å²) < 4.78 is 0. The highest BCUT2D eigenvalue weighted by atomic mass is 15.1. The minimum atomic E-state index is -0.412. The van der Waals surface area contributed by atoms with Crippen molar-refractivity contribution in [1.29, 1.82) is 0 Å². The summed E-state index contributed by atoms with van der Waals surface area (Å²) in [6, 6.07) is 17.3. The van der Waals surface area contributed by atoms with Crippen LogP contribution in [0.15, 0.2) is 48.5 Å². The van der Waals surface area contributed by atoms with Crippen molar-refractivity contribution < 1.29 is 0 Å². The molecular weight excluding hydrogens is 268 g/mol. The van der Waals surface area contributed by atoms with Crippen molar-refractivity contribution in [2.24, 2.45) is 5.73 Å². The van der Waals surface area contributed by atoms with E-state index < -0.39 is 5.54 Å². The maximum Gasteiger partial charge on any atom is 0.0605 e. The smallest absolute Gasteiger partial charge is 0.0605 e. The zero-order valence-corrected chi connectivity index (χ0v) is 14.4. The van der Waals surface area contributed by atoms with E-state index in [1.807, 2.05) is 6.07 Å². The van der Waals surface area contributed by atoms with E-state index in [2.05, 4.69) is 82.2 Å². The summed E-state index contributed by atoms with van der Waals surface area (Å²) in [5, 5.41) is 0. The lowest BCUT2D eigenvalue weighted by Gasteiger charge is -2.40. The molecule has 0 heterocycles. The van der Waals surface area contributed by atoms with Crippen LogP contribution < -0.4 is 5.73 Å². The molecule has 2 N–H and O–H groups in total. The molecule has 0 aliphatic rings. The summed E-state index contributed by atoms with van der Waals surface area (Å²) >= 11 is 0. The average molecular weight is 296 g/mol. The Morgan fingerprint density at radius 3 is 2.23 bits per heavy atom. The van der Waals surface area contributed by atoms with Gasteiger partial charge in [0, 0.05) is 6.04 Å². The summed E-state index contributed by atoms with van der Waals surface area (Å²) in [6.45, 7) is 6.51. The van der Waals surface area contributed by atoms with Crippen LogP contribution in [0.5, 0.6) is 0 Å². The first-order valence-electron chi connectivity index (χ1n) is 7.91. The maximum absolute atomic E-state index is 6.96. The first kappa shape index (κ1) is 16.7. The summed E-state index contributed by atoms with van der Waals surface area (Å²) in [7, 11) is 4.19. The zero-order chi connectivity index (χ0) is 16.3. The van der Waals surface area contributed by atoms with Crippen molar-refractivity contribution in [3.8, 4) is 0 Å². The van der Waals surface area contributed by atoms with Crippen molar-refractivity contribution in [3.63, 3.8) is 0 Å². The Bertz CT molecular complexity index is 619. The molecule has 2 nitrogen and oxygen atoms in total. The van der Waals surface area contributed by atoms with E-state index in [9.17, 15) is 0 Å². The zero-order valence-electron chi connectivity index (χ0n) is 14.4. The summed E-state index contributed by atoms with van der Waals surface area (Å²) in [5.74, 6) is 0. The van der Waals surface area contributed by atoms with E-state index >= 15 is 0 Å². The summed E-state index contributed by atoms with van der Waals surface area (Å²) in [6.07, 6.45) is 0.836. The van der Waals surface area contributed by atoms with Gasteiger partial charge in [-0.15, -0.1) is 0 Å². The fraction of sp³-hybridized carbons (Fsp3) is 0.400. The lowest BCUT2D eigenvalue weighted by atomic mass is 9.78. The van der Waals surface area contributed by atoms with Crippen LogP contribution in [0.4, 0.5) is 0 Å². The predicted octanol–water partition coefficient (Wildman–Crippen LogP) is 3.65. The van der Waals surface area contributed by atoms with E-state index in [1.165, 1.54) is 22.3 Å². The molecule has 0 radical (unpaired) electrons. The Kier molecular flexibility index (Phi) is 5.05. The van der Waals surface area contributed by atoms with Gasteiger partial charge in [0.1, 0.15) is 0 Å². The minimum Gasteiger partial charge on any atom is -0.320 e. The second kappa shape index (κ2) is 6.64. The average Bonchev–Trinajstić information content (AvgIpc) is 2.50. The Morgan fingerprint density at radius 2 is 1.68 bits per heavy atom. The molecule has 0 aromatic heterocycles. The molecule has 0 saturated carbocycles. The van der Waals surface area contributed by atoms with Crippen molar-refractivity contribution in [2.45, 2.75) is 38.8 Å². The van der Waals surface area contributed by atoms with E-state index in [4.69, 9.17) is 5.73 Å². The molecule has 2 atom stereocenters. The SMILES string of the molecule is Cc1ccc(CC(N)(c2ccccc2)C(C)N(C)C)c(C)c1. The van der Waals surface area contributed by atoms with Gasteiger partial charge in [-0.05, 0) is 58.0 Å². The lowest BCUT2D eigenvalue weighted by molar-refractivity contribution is 0.190. The van der Waals surface area contributed by atoms with Crippen LogP contribution in [-0.4, -0.2) is 25.0 Å². The van der Waals surface area contributed by atoms with Gasteiger partial charge in [0.05, 0.1) is 5.54 Å². The van der Waals surface area contributed by atoms with Gasteiger partial charge in [-0.2, -0.15) is 0 Å². The molecule has 0 saturated heterocycles. The van der Waals surface area contributed by atoms with Crippen LogP contribution in [0, 0.1) is 13.8 Å². The molecule has 2 aromatic carbocycles. The van der Waals surface area contributed by atoms with Gasteiger partial charge in [-0.3, -0.25) is 0 Å². The monoisotopic (exact) mass is 296 g/mol. The van der Waals surface area contributed by atoms with Gasteiger partial charge in [-0.25, -0.2) is 0 Å². The summed E-state index contributed by atoms with van der Waals surface area (Å²) in [4.78, 5) is 2.20. The van der Waals surface area contributed by atoms with Crippen LogP contribution in [0.3, 0.4) is 0 Å². The van der Waals surface area contributed by atoms with Crippen LogP contribution in [0.2, 0.25) is 0 Å². The first-order valence-corrected chi connectivity index (χ1v) is 7.91. The van der Waals surface area contributed by atoms with Gasteiger partial charge < -0.3 is 10.6 Å². The number of nitrogens with two attached hydrogens (primary N) is 1. The number of nitrogens with zero attached hydrogens (tertiary/aromatic N) is 1. The number of benzene rings is 2. The van der Waals surface area contributed by atoms with Gasteiger partial charge in [-0.1, -0.05) is 54.1 Å². The Labute approximate surface area is 135 Å². The molecule has 2 unspecified atom stereocenters. The topological polar surface area (TPSA) is 29.3 Å². The van der Waals surface area contributed by atoms with E-state index in [0.29, 0.717) is 0 Å².